The van der Waals surface area contributed by atoms with Gasteiger partial charge in [0.2, 0.25) is 0 Å². The fourth-order valence-electron chi connectivity index (χ4n) is 4.99. The van der Waals surface area contributed by atoms with Crippen LogP contribution < -0.4 is 9.64 Å². The van der Waals surface area contributed by atoms with Crippen molar-refractivity contribution in [3.8, 4) is 16.9 Å². The topological polar surface area (TPSA) is 44.4 Å². The predicted molar refractivity (Wildman–Crippen MR) is 151 cm³/mol. The third kappa shape index (κ3) is 4.34. The molecule has 5 aromatic rings. The molecule has 0 unspecified atom stereocenters. The number of nitrogens with zero attached hydrogens (tertiary/aromatic N) is 3. The number of nitrogens with one attached hydrogen (secondary N) is 1. The minimum absolute atomic E-state index is 0.860. The van der Waals surface area contributed by atoms with E-state index >= 15 is 0 Å². The summed E-state index contributed by atoms with van der Waals surface area (Å²) in [5.74, 6) is 0.860. The number of H-pyrrole nitrogens is 1. The molecule has 36 heavy (non-hydrogen) atoms. The number of ether oxygens (including phenoxy) is 1. The third-order valence-electron chi connectivity index (χ3n) is 7.17. The van der Waals surface area contributed by atoms with Crippen LogP contribution in [0.25, 0.3) is 45.2 Å². The third-order valence-corrected chi connectivity index (χ3v) is 7.17. The van der Waals surface area contributed by atoms with E-state index in [1.807, 2.05) is 18.3 Å². The second kappa shape index (κ2) is 9.51. The van der Waals surface area contributed by atoms with E-state index in [2.05, 4.69) is 99.6 Å². The Balaban J connectivity index is 1.33. The molecule has 3 aromatic carbocycles. The van der Waals surface area contributed by atoms with Gasteiger partial charge in [-0.15, -0.1) is 0 Å². The fraction of sp³-hybridized carbons (Fsp3) is 0.194. The molecule has 0 amide bonds. The lowest BCUT2D eigenvalue weighted by molar-refractivity contribution is 0.313. The highest BCUT2D eigenvalue weighted by Crippen LogP contribution is 2.33. The van der Waals surface area contributed by atoms with Gasteiger partial charge in [-0.2, -0.15) is 0 Å². The summed E-state index contributed by atoms with van der Waals surface area (Å²) in [6.45, 7) is 4.39. The van der Waals surface area contributed by atoms with Gasteiger partial charge in [0.1, 0.15) is 11.4 Å². The number of aromatic amines is 1. The first-order valence-electron chi connectivity index (χ1n) is 12.4. The molecule has 1 aliphatic heterocycles. The van der Waals surface area contributed by atoms with Crippen LogP contribution in [0.15, 0.2) is 79.0 Å². The number of aromatic nitrogens is 2. The molecule has 0 atom stereocenters. The number of anilines is 1. The normalized spacial score (nSPS) is 14.8. The van der Waals surface area contributed by atoms with Gasteiger partial charge in [-0.3, -0.25) is 0 Å². The van der Waals surface area contributed by atoms with E-state index in [-0.39, 0.29) is 0 Å². The van der Waals surface area contributed by atoms with Crippen molar-refractivity contribution in [1.29, 1.82) is 0 Å². The number of hydrogen-bond acceptors (Lipinski definition) is 4. The van der Waals surface area contributed by atoms with E-state index in [4.69, 9.17) is 4.74 Å². The van der Waals surface area contributed by atoms with Gasteiger partial charge in [0.15, 0.2) is 0 Å². The Morgan fingerprint density at radius 2 is 1.58 bits per heavy atom. The molecule has 0 saturated carbocycles. The number of rotatable bonds is 5. The second-order valence-electron chi connectivity index (χ2n) is 9.45. The molecule has 1 saturated heterocycles. The van der Waals surface area contributed by atoms with Crippen molar-refractivity contribution in [3.63, 3.8) is 0 Å². The van der Waals surface area contributed by atoms with Crippen LogP contribution in [0.4, 0.5) is 5.69 Å². The summed E-state index contributed by atoms with van der Waals surface area (Å²) in [6.07, 6.45) is 6.16. The summed E-state index contributed by atoms with van der Waals surface area (Å²) < 4.78 is 5.28. The number of fused-ring (bicyclic) bond motifs is 3. The van der Waals surface area contributed by atoms with Crippen LogP contribution in [0.1, 0.15) is 11.1 Å². The number of piperazine rings is 1. The lowest BCUT2D eigenvalue weighted by Gasteiger charge is -2.34. The summed E-state index contributed by atoms with van der Waals surface area (Å²) in [4.78, 5) is 13.0. The average molecular weight is 475 g/mol. The van der Waals surface area contributed by atoms with Crippen LogP contribution in [0.2, 0.25) is 0 Å². The Morgan fingerprint density at radius 3 is 2.33 bits per heavy atom. The average Bonchev–Trinajstić information content (AvgIpc) is 3.31. The van der Waals surface area contributed by atoms with E-state index in [0.29, 0.717) is 0 Å². The quantitative estimate of drug-likeness (QED) is 0.324. The number of likely N-dealkylation sites (N-methyl/N-ethyl adjacent to an activating group) is 1. The van der Waals surface area contributed by atoms with Crippen LogP contribution in [0.5, 0.6) is 5.75 Å². The first kappa shape index (κ1) is 22.4. The first-order valence-corrected chi connectivity index (χ1v) is 12.4. The number of hydrogen-bond donors (Lipinski definition) is 1. The van der Waals surface area contributed by atoms with E-state index in [1.54, 1.807) is 7.11 Å². The molecule has 3 heterocycles. The van der Waals surface area contributed by atoms with Crippen molar-refractivity contribution in [2.45, 2.75) is 0 Å². The van der Waals surface area contributed by atoms with Crippen molar-refractivity contribution in [1.82, 2.24) is 14.9 Å². The minimum Gasteiger partial charge on any atom is -0.497 e. The van der Waals surface area contributed by atoms with Crippen molar-refractivity contribution < 1.29 is 4.74 Å². The van der Waals surface area contributed by atoms with Gasteiger partial charge in [-0.05, 0) is 71.8 Å². The molecule has 180 valence electrons. The molecule has 0 spiro atoms. The molecule has 2 aromatic heterocycles. The molecular weight excluding hydrogens is 444 g/mol. The Morgan fingerprint density at radius 1 is 0.833 bits per heavy atom. The van der Waals surface area contributed by atoms with Gasteiger partial charge in [0.25, 0.3) is 0 Å². The van der Waals surface area contributed by atoms with Gasteiger partial charge < -0.3 is 19.5 Å². The molecule has 0 bridgehead atoms. The highest BCUT2D eigenvalue weighted by Gasteiger charge is 2.15. The molecule has 0 aliphatic carbocycles. The smallest absolute Gasteiger partial charge is 0.138 e. The summed E-state index contributed by atoms with van der Waals surface area (Å²) in [7, 11) is 3.88. The standard InChI is InChI=1S/C31H30N4O/c1-34-17-19-35(20-18-34)26-10-7-23(8-11-26)25-9-14-29-28(21-25)30-24(15-16-32-31(30)33-29)6-3-22-4-12-27(36-2)13-5-22/h3-16,21H,17-20H2,1-2H3,(H,32,33). The van der Waals surface area contributed by atoms with Crippen molar-refractivity contribution in [2.24, 2.45) is 0 Å². The fourth-order valence-corrected chi connectivity index (χ4v) is 4.99. The predicted octanol–water partition coefficient (Wildman–Crippen LogP) is 6.31. The van der Waals surface area contributed by atoms with Gasteiger partial charge in [-0.25, -0.2) is 4.98 Å². The maximum absolute atomic E-state index is 5.28. The van der Waals surface area contributed by atoms with E-state index in [9.17, 15) is 0 Å². The molecule has 6 rings (SSSR count). The highest BCUT2D eigenvalue weighted by molar-refractivity contribution is 6.11. The SMILES string of the molecule is COc1ccc(C=Cc2ccnc3[nH]c4ccc(-c5ccc(N6CCN(C)CC6)cc5)cc4c23)cc1. The van der Waals surface area contributed by atoms with E-state index in [1.165, 1.54) is 22.2 Å². The highest BCUT2D eigenvalue weighted by atomic mass is 16.5. The van der Waals surface area contributed by atoms with Crippen molar-refractivity contribution >= 4 is 39.8 Å². The Kier molecular flexibility index (Phi) is 5.91. The van der Waals surface area contributed by atoms with Crippen LogP contribution in [-0.2, 0) is 0 Å². The number of benzene rings is 3. The second-order valence-corrected chi connectivity index (χ2v) is 9.45. The zero-order chi connectivity index (χ0) is 24.5. The van der Waals surface area contributed by atoms with E-state index < -0.39 is 0 Å². The molecular formula is C31H30N4O. The minimum atomic E-state index is 0.860. The maximum atomic E-state index is 5.28. The van der Waals surface area contributed by atoms with Crippen LogP contribution in [-0.4, -0.2) is 55.2 Å². The lowest BCUT2D eigenvalue weighted by Crippen LogP contribution is -2.44. The van der Waals surface area contributed by atoms with E-state index in [0.717, 1.165) is 59.6 Å². The van der Waals surface area contributed by atoms with Gasteiger partial charge in [0.05, 0.1) is 7.11 Å². The molecule has 0 radical (unpaired) electrons. The number of pyridine rings is 1. The Bertz CT molecular complexity index is 1530. The van der Waals surface area contributed by atoms with Crippen LogP contribution in [0, 0.1) is 0 Å². The maximum Gasteiger partial charge on any atom is 0.138 e. The Labute approximate surface area is 211 Å². The zero-order valence-electron chi connectivity index (χ0n) is 20.7. The summed E-state index contributed by atoms with van der Waals surface area (Å²) in [5.41, 5.74) is 8.01. The summed E-state index contributed by atoms with van der Waals surface area (Å²) in [5, 5.41) is 2.33. The first-order chi connectivity index (χ1) is 17.7. The molecule has 1 N–H and O–H groups in total. The number of methoxy groups -OCH3 is 1. The van der Waals surface area contributed by atoms with Crippen LogP contribution >= 0.6 is 0 Å². The largest absolute Gasteiger partial charge is 0.497 e. The van der Waals surface area contributed by atoms with Gasteiger partial charge in [0, 0.05) is 54.4 Å². The summed E-state index contributed by atoms with van der Waals surface area (Å²) >= 11 is 0. The molecule has 5 heteroatoms. The molecule has 1 fully saturated rings. The van der Waals surface area contributed by atoms with Crippen molar-refractivity contribution in [2.75, 3.05) is 45.2 Å². The van der Waals surface area contributed by atoms with Crippen LogP contribution in [0.3, 0.4) is 0 Å². The Hall–Kier alpha value is -4.09. The molecule has 1 aliphatic rings. The van der Waals surface area contributed by atoms with Crippen molar-refractivity contribution in [3.05, 3.63) is 90.1 Å². The zero-order valence-corrected chi connectivity index (χ0v) is 20.7. The monoisotopic (exact) mass is 474 g/mol. The summed E-state index contributed by atoms with van der Waals surface area (Å²) in [6, 6.07) is 25.8. The van der Waals surface area contributed by atoms with Gasteiger partial charge >= 0.3 is 0 Å². The van der Waals surface area contributed by atoms with Gasteiger partial charge in [-0.1, -0.05) is 42.5 Å². The molecule has 5 nitrogen and oxygen atoms in total. The lowest BCUT2D eigenvalue weighted by atomic mass is 10.0.